The van der Waals surface area contributed by atoms with Crippen molar-refractivity contribution in [3.05, 3.63) is 23.9 Å². The normalized spacial score (nSPS) is 16.7. The SMILES string of the molecule is NC(=NCc1ccc(OCC(F)(F)F)nc1)N1CCCCC1. The molecule has 122 valence electrons. The number of hydrogen-bond acceptors (Lipinski definition) is 3. The third kappa shape index (κ3) is 5.42. The Labute approximate surface area is 127 Å². The number of rotatable bonds is 4. The van der Waals surface area contributed by atoms with E-state index in [0.29, 0.717) is 12.5 Å². The van der Waals surface area contributed by atoms with E-state index in [0.717, 1.165) is 31.5 Å². The van der Waals surface area contributed by atoms with Gasteiger partial charge in [0.05, 0.1) is 6.54 Å². The van der Waals surface area contributed by atoms with Gasteiger partial charge in [-0.05, 0) is 24.8 Å². The van der Waals surface area contributed by atoms with Crippen LogP contribution in [0.4, 0.5) is 13.2 Å². The van der Waals surface area contributed by atoms with Crippen LogP contribution >= 0.6 is 0 Å². The van der Waals surface area contributed by atoms with Gasteiger partial charge in [0.25, 0.3) is 0 Å². The molecule has 0 bridgehead atoms. The molecular weight excluding hydrogens is 297 g/mol. The summed E-state index contributed by atoms with van der Waals surface area (Å²) in [6.45, 7) is 0.823. The Balaban J connectivity index is 1.85. The molecule has 2 heterocycles. The van der Waals surface area contributed by atoms with Crippen molar-refractivity contribution in [3.8, 4) is 5.88 Å². The summed E-state index contributed by atoms with van der Waals surface area (Å²) in [6.07, 6.45) is 0.519. The van der Waals surface area contributed by atoms with Gasteiger partial charge in [0.15, 0.2) is 12.6 Å². The van der Waals surface area contributed by atoms with Gasteiger partial charge < -0.3 is 15.4 Å². The first-order chi connectivity index (χ1) is 10.4. The summed E-state index contributed by atoms with van der Waals surface area (Å²) in [5, 5.41) is 0. The Morgan fingerprint density at radius 3 is 2.59 bits per heavy atom. The van der Waals surface area contributed by atoms with E-state index in [1.54, 1.807) is 6.07 Å². The number of nitrogens with two attached hydrogens (primary N) is 1. The molecular formula is C14H19F3N4O. The van der Waals surface area contributed by atoms with E-state index in [1.807, 2.05) is 4.90 Å². The maximum atomic E-state index is 12.0. The summed E-state index contributed by atoms with van der Waals surface area (Å²) in [6, 6.07) is 3.03. The van der Waals surface area contributed by atoms with Crippen LogP contribution in [0.5, 0.6) is 5.88 Å². The molecule has 0 aromatic carbocycles. The number of alkyl halides is 3. The average Bonchev–Trinajstić information content (AvgIpc) is 2.52. The van der Waals surface area contributed by atoms with E-state index in [-0.39, 0.29) is 5.88 Å². The minimum absolute atomic E-state index is 0.0611. The van der Waals surface area contributed by atoms with Gasteiger partial charge >= 0.3 is 6.18 Å². The number of aromatic nitrogens is 1. The van der Waals surface area contributed by atoms with Crippen LogP contribution in [-0.2, 0) is 6.54 Å². The van der Waals surface area contributed by atoms with Gasteiger partial charge in [-0.2, -0.15) is 13.2 Å². The molecule has 2 N–H and O–H groups in total. The summed E-state index contributed by atoms with van der Waals surface area (Å²) in [5.74, 6) is 0.436. The van der Waals surface area contributed by atoms with Gasteiger partial charge in [-0.3, -0.25) is 0 Å². The van der Waals surface area contributed by atoms with Crippen LogP contribution < -0.4 is 10.5 Å². The lowest BCUT2D eigenvalue weighted by atomic mass is 10.1. The number of likely N-dealkylation sites (tertiary alicyclic amines) is 1. The Hall–Kier alpha value is -1.99. The number of hydrogen-bond donors (Lipinski definition) is 1. The first-order valence-electron chi connectivity index (χ1n) is 7.13. The maximum Gasteiger partial charge on any atom is 0.422 e. The van der Waals surface area contributed by atoms with Gasteiger partial charge in [-0.1, -0.05) is 6.07 Å². The highest BCUT2D eigenvalue weighted by atomic mass is 19.4. The second kappa shape index (κ2) is 7.33. The van der Waals surface area contributed by atoms with E-state index in [2.05, 4.69) is 14.7 Å². The highest BCUT2D eigenvalue weighted by molar-refractivity contribution is 5.78. The molecule has 0 saturated carbocycles. The highest BCUT2D eigenvalue weighted by Crippen LogP contribution is 2.17. The minimum Gasteiger partial charge on any atom is -0.468 e. The van der Waals surface area contributed by atoms with Crippen molar-refractivity contribution in [1.82, 2.24) is 9.88 Å². The van der Waals surface area contributed by atoms with Crippen LogP contribution in [0.25, 0.3) is 0 Å². The molecule has 1 aliphatic rings. The first kappa shape index (κ1) is 16.4. The second-order valence-corrected chi connectivity index (χ2v) is 5.13. The average molecular weight is 316 g/mol. The minimum atomic E-state index is -4.37. The molecule has 0 atom stereocenters. The van der Waals surface area contributed by atoms with Crippen molar-refractivity contribution in [3.63, 3.8) is 0 Å². The van der Waals surface area contributed by atoms with Crippen molar-refractivity contribution >= 4 is 5.96 Å². The van der Waals surface area contributed by atoms with Crippen molar-refractivity contribution < 1.29 is 17.9 Å². The van der Waals surface area contributed by atoms with Crippen molar-refractivity contribution in [2.75, 3.05) is 19.7 Å². The Bertz CT molecular complexity index is 496. The van der Waals surface area contributed by atoms with Gasteiger partial charge in [-0.15, -0.1) is 0 Å². The number of nitrogens with zero attached hydrogens (tertiary/aromatic N) is 3. The number of halogens is 3. The van der Waals surface area contributed by atoms with Crippen molar-refractivity contribution in [2.45, 2.75) is 32.0 Å². The van der Waals surface area contributed by atoms with Gasteiger partial charge in [0.1, 0.15) is 0 Å². The fraction of sp³-hybridized carbons (Fsp3) is 0.571. The monoisotopic (exact) mass is 316 g/mol. The number of piperidine rings is 1. The molecule has 2 rings (SSSR count). The van der Waals surface area contributed by atoms with Crippen LogP contribution in [0.3, 0.4) is 0 Å². The Kier molecular flexibility index (Phi) is 5.46. The van der Waals surface area contributed by atoms with Crippen molar-refractivity contribution in [2.24, 2.45) is 10.7 Å². The molecule has 1 saturated heterocycles. The fourth-order valence-electron chi connectivity index (χ4n) is 2.14. The molecule has 1 aromatic rings. The van der Waals surface area contributed by atoms with E-state index < -0.39 is 12.8 Å². The number of aliphatic imine (C=N–C) groups is 1. The molecule has 0 unspecified atom stereocenters. The summed E-state index contributed by atoms with van der Waals surface area (Å²) in [4.78, 5) is 10.2. The van der Waals surface area contributed by atoms with E-state index in [4.69, 9.17) is 5.73 Å². The van der Waals surface area contributed by atoms with Gasteiger partial charge in [0, 0.05) is 25.4 Å². The van der Waals surface area contributed by atoms with E-state index >= 15 is 0 Å². The molecule has 22 heavy (non-hydrogen) atoms. The second-order valence-electron chi connectivity index (χ2n) is 5.13. The topological polar surface area (TPSA) is 63.7 Å². The zero-order chi connectivity index (χ0) is 16.0. The van der Waals surface area contributed by atoms with Crippen LogP contribution in [0.2, 0.25) is 0 Å². The summed E-state index contributed by atoms with van der Waals surface area (Å²) in [7, 11) is 0. The quantitative estimate of drug-likeness (QED) is 0.684. The molecule has 1 fully saturated rings. The summed E-state index contributed by atoms with van der Waals surface area (Å²) < 4.78 is 40.6. The molecule has 0 spiro atoms. The first-order valence-corrected chi connectivity index (χ1v) is 7.13. The van der Waals surface area contributed by atoms with Crippen LogP contribution in [0.1, 0.15) is 24.8 Å². The smallest absolute Gasteiger partial charge is 0.422 e. The lowest BCUT2D eigenvalue weighted by molar-refractivity contribution is -0.154. The van der Waals surface area contributed by atoms with E-state index in [9.17, 15) is 13.2 Å². The van der Waals surface area contributed by atoms with Crippen LogP contribution in [0.15, 0.2) is 23.3 Å². The van der Waals surface area contributed by atoms with Gasteiger partial charge in [-0.25, -0.2) is 9.98 Å². The third-order valence-electron chi connectivity index (χ3n) is 3.29. The molecule has 5 nitrogen and oxygen atoms in total. The van der Waals surface area contributed by atoms with Crippen LogP contribution in [0, 0.1) is 0 Å². The molecule has 0 radical (unpaired) electrons. The largest absolute Gasteiger partial charge is 0.468 e. The highest BCUT2D eigenvalue weighted by Gasteiger charge is 2.28. The molecule has 1 aromatic heterocycles. The fourth-order valence-corrected chi connectivity index (χ4v) is 2.14. The van der Waals surface area contributed by atoms with E-state index in [1.165, 1.54) is 18.7 Å². The maximum absolute atomic E-state index is 12.0. The third-order valence-corrected chi connectivity index (χ3v) is 3.29. The zero-order valence-electron chi connectivity index (χ0n) is 12.1. The van der Waals surface area contributed by atoms with Crippen molar-refractivity contribution in [1.29, 1.82) is 0 Å². The molecule has 0 aliphatic carbocycles. The lowest BCUT2D eigenvalue weighted by Crippen LogP contribution is -2.40. The summed E-state index contributed by atoms with van der Waals surface area (Å²) >= 11 is 0. The lowest BCUT2D eigenvalue weighted by Gasteiger charge is -2.27. The van der Waals surface area contributed by atoms with Crippen LogP contribution in [-0.4, -0.2) is 41.7 Å². The molecule has 1 aliphatic heterocycles. The predicted octanol–water partition coefficient (Wildman–Crippen LogP) is 2.32. The number of ether oxygens (including phenoxy) is 1. The Morgan fingerprint density at radius 2 is 2.00 bits per heavy atom. The van der Waals surface area contributed by atoms with Gasteiger partial charge in [0.2, 0.25) is 5.88 Å². The standard InChI is InChI=1S/C14H19F3N4O/c15-14(16,17)10-22-12-5-4-11(8-19-12)9-20-13(18)21-6-2-1-3-7-21/h4-5,8H,1-3,6-7,9-10H2,(H2,18,20). The summed E-state index contributed by atoms with van der Waals surface area (Å²) in [5.41, 5.74) is 6.69. The zero-order valence-corrected chi connectivity index (χ0v) is 12.1. The predicted molar refractivity (Wildman–Crippen MR) is 76.5 cm³/mol. The molecule has 8 heteroatoms. The molecule has 0 amide bonds. The number of guanidine groups is 1. The number of pyridine rings is 1. The Morgan fingerprint density at radius 1 is 1.27 bits per heavy atom.